The molecule has 0 atom stereocenters. The van der Waals surface area contributed by atoms with Crippen molar-refractivity contribution in [2.45, 2.75) is 38.6 Å². The highest BCUT2D eigenvalue weighted by Gasteiger charge is 2.21. The van der Waals surface area contributed by atoms with Crippen LogP contribution in [0.1, 0.15) is 37.7 Å². The number of nitrogens with zero attached hydrogens (tertiary/aromatic N) is 4. The molecule has 1 amide bonds. The van der Waals surface area contributed by atoms with Crippen LogP contribution in [0.3, 0.4) is 0 Å². The molecule has 0 aliphatic carbocycles. The van der Waals surface area contributed by atoms with Crippen LogP contribution >= 0.6 is 23.2 Å². The summed E-state index contributed by atoms with van der Waals surface area (Å²) in [5.74, 6) is 0.421. The number of likely N-dealkylation sites (tertiary alicyclic amines) is 1. The van der Waals surface area contributed by atoms with Gasteiger partial charge in [0.05, 0.1) is 10.4 Å². The molecule has 4 aromatic rings. The van der Waals surface area contributed by atoms with Crippen LogP contribution in [0.15, 0.2) is 65.6 Å². The molecular formula is C29H29Cl2N5O2. The molecule has 0 bridgehead atoms. The number of nitrogens with one attached hydrogen (secondary N) is 1. The Bertz CT molecular complexity index is 1530. The topological polar surface area (TPSA) is 80.1 Å². The van der Waals surface area contributed by atoms with Crippen molar-refractivity contribution in [2.24, 2.45) is 0 Å². The van der Waals surface area contributed by atoms with E-state index in [9.17, 15) is 9.59 Å². The molecular weight excluding hydrogens is 521 g/mol. The van der Waals surface area contributed by atoms with Crippen molar-refractivity contribution >= 4 is 45.6 Å². The molecule has 1 saturated heterocycles. The summed E-state index contributed by atoms with van der Waals surface area (Å²) in [7, 11) is 0. The van der Waals surface area contributed by atoms with E-state index >= 15 is 0 Å². The Labute approximate surface area is 231 Å². The van der Waals surface area contributed by atoms with Gasteiger partial charge in [-0.25, -0.2) is 9.67 Å². The number of carbonyl (C=O) groups excluding carboxylic acids is 1. The van der Waals surface area contributed by atoms with Gasteiger partial charge in [0, 0.05) is 36.3 Å². The Morgan fingerprint density at radius 3 is 2.53 bits per heavy atom. The molecule has 5 rings (SSSR count). The zero-order valence-corrected chi connectivity index (χ0v) is 22.7. The first kappa shape index (κ1) is 26.4. The molecule has 2 aromatic carbocycles. The summed E-state index contributed by atoms with van der Waals surface area (Å²) >= 11 is 12.2. The maximum absolute atomic E-state index is 13.2. The van der Waals surface area contributed by atoms with Gasteiger partial charge in [0.1, 0.15) is 10.8 Å². The molecule has 0 saturated carbocycles. The molecule has 196 valence electrons. The van der Waals surface area contributed by atoms with Crippen LogP contribution < -0.4 is 10.9 Å². The van der Waals surface area contributed by atoms with E-state index in [1.165, 1.54) is 12.5 Å². The number of aryl methyl sites for hydroxylation is 1. The molecule has 9 heteroatoms. The first-order chi connectivity index (χ1) is 18.4. The molecule has 1 aliphatic rings. The van der Waals surface area contributed by atoms with Crippen LogP contribution in [0.4, 0.5) is 5.69 Å². The monoisotopic (exact) mass is 549 g/mol. The highest BCUT2D eigenvalue weighted by molar-refractivity contribution is 6.41. The van der Waals surface area contributed by atoms with E-state index in [0.29, 0.717) is 34.1 Å². The number of hydrogen-bond acceptors (Lipinski definition) is 5. The van der Waals surface area contributed by atoms with Gasteiger partial charge in [0.25, 0.3) is 5.56 Å². The number of aromatic nitrogens is 3. The minimum Gasteiger partial charge on any atom is -0.326 e. The van der Waals surface area contributed by atoms with Gasteiger partial charge in [-0.15, -0.1) is 0 Å². The molecule has 38 heavy (non-hydrogen) atoms. The van der Waals surface area contributed by atoms with Gasteiger partial charge in [-0.05, 0) is 74.6 Å². The van der Waals surface area contributed by atoms with Crippen LogP contribution in [0.2, 0.25) is 10.2 Å². The highest BCUT2D eigenvalue weighted by atomic mass is 35.5. The number of amides is 1. The maximum Gasteiger partial charge on any atom is 0.274 e. The van der Waals surface area contributed by atoms with Crippen molar-refractivity contribution in [1.29, 1.82) is 0 Å². The number of fused-ring (bicyclic) bond motifs is 1. The fourth-order valence-corrected chi connectivity index (χ4v) is 5.43. The second-order valence-corrected chi connectivity index (χ2v) is 10.5. The number of pyridine rings is 1. The van der Waals surface area contributed by atoms with Gasteiger partial charge in [0.2, 0.25) is 5.91 Å². The molecule has 1 fully saturated rings. The van der Waals surface area contributed by atoms with E-state index in [1.807, 2.05) is 36.4 Å². The van der Waals surface area contributed by atoms with E-state index in [0.717, 1.165) is 50.0 Å². The molecule has 3 heterocycles. The van der Waals surface area contributed by atoms with E-state index in [-0.39, 0.29) is 16.6 Å². The standard InChI is InChI=1S/C29H29Cl2N5O2/c1-19(37)33-23-7-4-6-21(16-23)20-10-14-35(15-11-20)12-5-13-36-29(38)25-9-3-2-8-24(25)27(34-36)22-17-26(30)28(31)32-18-22/h2-4,6-9,16-18,20H,5,10-15H2,1H3,(H,33,37). The molecule has 0 spiro atoms. The van der Waals surface area contributed by atoms with Crippen LogP contribution in [0.5, 0.6) is 0 Å². The number of benzene rings is 2. The summed E-state index contributed by atoms with van der Waals surface area (Å²) in [4.78, 5) is 31.2. The van der Waals surface area contributed by atoms with Crippen molar-refractivity contribution in [2.75, 3.05) is 25.0 Å². The third-order valence-electron chi connectivity index (χ3n) is 7.05. The average Bonchev–Trinajstić information content (AvgIpc) is 2.92. The zero-order valence-electron chi connectivity index (χ0n) is 21.2. The lowest BCUT2D eigenvalue weighted by Gasteiger charge is -2.32. The lowest BCUT2D eigenvalue weighted by molar-refractivity contribution is -0.114. The minimum absolute atomic E-state index is 0.0577. The number of anilines is 1. The zero-order chi connectivity index (χ0) is 26.6. The smallest absolute Gasteiger partial charge is 0.274 e. The highest BCUT2D eigenvalue weighted by Crippen LogP contribution is 2.30. The van der Waals surface area contributed by atoms with E-state index in [1.54, 1.807) is 16.9 Å². The predicted molar refractivity (Wildman–Crippen MR) is 153 cm³/mol. The molecule has 1 N–H and O–H groups in total. The summed E-state index contributed by atoms with van der Waals surface area (Å²) in [6.45, 7) is 4.93. The van der Waals surface area contributed by atoms with Crippen molar-refractivity contribution in [3.05, 3.63) is 86.9 Å². The summed E-state index contributed by atoms with van der Waals surface area (Å²) in [5.41, 5.74) is 3.40. The molecule has 7 nitrogen and oxygen atoms in total. The van der Waals surface area contributed by atoms with Gasteiger partial charge >= 0.3 is 0 Å². The second-order valence-electron chi connectivity index (χ2n) is 9.70. The van der Waals surface area contributed by atoms with Gasteiger partial charge in [0.15, 0.2) is 0 Å². The lowest BCUT2D eigenvalue weighted by atomic mass is 9.89. The Kier molecular flexibility index (Phi) is 8.07. The number of rotatable bonds is 7. The molecule has 1 aliphatic heterocycles. The first-order valence-electron chi connectivity index (χ1n) is 12.8. The van der Waals surface area contributed by atoms with Crippen molar-refractivity contribution < 1.29 is 4.79 Å². The van der Waals surface area contributed by atoms with Crippen LogP contribution in [-0.2, 0) is 11.3 Å². The molecule has 0 unspecified atom stereocenters. The van der Waals surface area contributed by atoms with E-state index in [2.05, 4.69) is 27.3 Å². The fraction of sp³-hybridized carbons (Fsp3) is 0.310. The quantitative estimate of drug-likeness (QED) is 0.286. The average molecular weight is 550 g/mol. The van der Waals surface area contributed by atoms with Gasteiger partial charge in [-0.3, -0.25) is 9.59 Å². The third-order valence-corrected chi connectivity index (χ3v) is 7.73. The number of carbonyl (C=O) groups is 1. The minimum atomic E-state index is -0.102. The van der Waals surface area contributed by atoms with Crippen LogP contribution in [0, 0.1) is 0 Å². The van der Waals surface area contributed by atoms with E-state index in [4.69, 9.17) is 28.3 Å². The fourth-order valence-electron chi connectivity index (χ4n) is 5.16. The summed E-state index contributed by atoms with van der Waals surface area (Å²) in [6, 6.07) is 17.4. The second kappa shape index (κ2) is 11.6. The summed E-state index contributed by atoms with van der Waals surface area (Å²) < 4.78 is 1.56. The SMILES string of the molecule is CC(=O)Nc1cccc(C2CCN(CCCn3nc(-c4cnc(Cl)c(Cl)c4)c4ccccc4c3=O)CC2)c1. The Hall–Kier alpha value is -3.26. The predicted octanol–water partition coefficient (Wildman–Crippen LogP) is 5.99. The maximum atomic E-state index is 13.2. The van der Waals surface area contributed by atoms with Crippen molar-refractivity contribution in [3.8, 4) is 11.3 Å². The van der Waals surface area contributed by atoms with Gasteiger partial charge in [-0.2, -0.15) is 5.10 Å². The summed E-state index contributed by atoms with van der Waals surface area (Å²) in [5, 5.41) is 9.55. The number of piperidine rings is 1. The Balaban J connectivity index is 1.25. The normalized spacial score (nSPS) is 14.6. The number of halogens is 2. The largest absolute Gasteiger partial charge is 0.326 e. The van der Waals surface area contributed by atoms with Crippen molar-refractivity contribution in [3.63, 3.8) is 0 Å². The first-order valence-corrected chi connectivity index (χ1v) is 13.6. The van der Waals surface area contributed by atoms with Gasteiger partial charge < -0.3 is 10.2 Å². The molecule has 0 radical (unpaired) electrons. The Morgan fingerprint density at radius 1 is 1.03 bits per heavy atom. The van der Waals surface area contributed by atoms with Crippen LogP contribution in [0.25, 0.3) is 22.0 Å². The lowest BCUT2D eigenvalue weighted by Crippen LogP contribution is -2.34. The Morgan fingerprint density at radius 2 is 1.79 bits per heavy atom. The number of hydrogen-bond donors (Lipinski definition) is 1. The van der Waals surface area contributed by atoms with E-state index < -0.39 is 0 Å². The van der Waals surface area contributed by atoms with Crippen LogP contribution in [-0.4, -0.2) is 45.2 Å². The van der Waals surface area contributed by atoms with Crippen molar-refractivity contribution in [1.82, 2.24) is 19.7 Å². The molecule has 2 aromatic heterocycles. The summed E-state index contributed by atoms with van der Waals surface area (Å²) in [6.07, 6.45) is 4.57. The third kappa shape index (κ3) is 5.90. The van der Waals surface area contributed by atoms with Gasteiger partial charge in [-0.1, -0.05) is 53.5 Å².